The number of hydrogen-bond donors (Lipinski definition) is 1. The van der Waals surface area contributed by atoms with Crippen LogP contribution in [0, 0.1) is 11.8 Å². The second kappa shape index (κ2) is 8.04. The first kappa shape index (κ1) is 15.8. The fraction of sp³-hybridized carbons (Fsp3) is 0.556. The van der Waals surface area contributed by atoms with Crippen LogP contribution < -0.4 is 5.32 Å². The number of rotatable bonds is 6. The van der Waals surface area contributed by atoms with Crippen molar-refractivity contribution in [2.24, 2.45) is 11.8 Å². The first-order valence-electron chi connectivity index (χ1n) is 7.59. The molecule has 1 aliphatic heterocycles. The van der Waals surface area contributed by atoms with Crippen LogP contribution in [0.1, 0.15) is 47.5 Å². The zero-order chi connectivity index (χ0) is 14.3. The van der Waals surface area contributed by atoms with Crippen LogP contribution in [0.3, 0.4) is 0 Å². The van der Waals surface area contributed by atoms with Crippen molar-refractivity contribution in [3.8, 4) is 0 Å². The Morgan fingerprint density at radius 1 is 1.37 bits per heavy atom. The zero-order valence-electron chi connectivity index (χ0n) is 13.2. The van der Waals surface area contributed by atoms with Crippen LogP contribution in [0.2, 0.25) is 0 Å². The molecule has 1 nitrogen and oxygen atoms in total. The van der Waals surface area contributed by atoms with E-state index < -0.39 is 0 Å². The Bertz CT molecular complexity index is 394. The molecule has 106 valence electrons. The largest absolute Gasteiger partial charge is 0.381 e. The molecule has 0 aliphatic carbocycles. The van der Waals surface area contributed by atoms with Gasteiger partial charge in [0.05, 0.1) is 0 Å². The molecule has 1 aliphatic rings. The van der Waals surface area contributed by atoms with Gasteiger partial charge >= 0.3 is 0 Å². The summed E-state index contributed by atoms with van der Waals surface area (Å²) in [4.78, 5) is 0. The van der Waals surface area contributed by atoms with Crippen molar-refractivity contribution in [1.82, 2.24) is 5.32 Å². The van der Waals surface area contributed by atoms with Crippen molar-refractivity contribution >= 4 is 0 Å². The Kier molecular flexibility index (Phi) is 6.69. The Morgan fingerprint density at radius 3 is 2.58 bits per heavy atom. The average molecular weight is 259 g/mol. The van der Waals surface area contributed by atoms with Gasteiger partial charge < -0.3 is 5.32 Å². The van der Waals surface area contributed by atoms with Gasteiger partial charge in [-0.15, -0.1) is 0 Å². The van der Waals surface area contributed by atoms with Crippen molar-refractivity contribution in [1.29, 1.82) is 0 Å². The van der Waals surface area contributed by atoms with Crippen molar-refractivity contribution in [2.45, 2.75) is 47.5 Å². The lowest BCUT2D eigenvalue weighted by atomic mass is 9.85. The summed E-state index contributed by atoms with van der Waals surface area (Å²) < 4.78 is 0. The second-order valence-electron chi connectivity index (χ2n) is 5.60. The fourth-order valence-corrected chi connectivity index (χ4v) is 2.73. The molecular weight excluding hydrogens is 230 g/mol. The van der Waals surface area contributed by atoms with E-state index in [1.165, 1.54) is 29.7 Å². The van der Waals surface area contributed by atoms with Crippen LogP contribution in [0.5, 0.6) is 0 Å². The third kappa shape index (κ3) is 4.41. The second-order valence-corrected chi connectivity index (χ2v) is 5.60. The SMILES string of the molecule is C/C=C\C(=C(\C1=CC=CCN1)C(C)C)C(C)CCC. The smallest absolute Gasteiger partial charge is 0.0380 e. The molecule has 1 heteroatoms. The molecule has 0 aromatic carbocycles. The Labute approximate surface area is 119 Å². The van der Waals surface area contributed by atoms with Crippen molar-refractivity contribution in [3.05, 3.63) is 47.2 Å². The summed E-state index contributed by atoms with van der Waals surface area (Å²) in [5.41, 5.74) is 4.27. The maximum absolute atomic E-state index is 3.52. The molecule has 0 aromatic heterocycles. The van der Waals surface area contributed by atoms with Gasteiger partial charge in [0.25, 0.3) is 0 Å². The molecule has 0 saturated carbocycles. The molecule has 0 amide bonds. The molecule has 1 heterocycles. The highest BCUT2D eigenvalue weighted by Crippen LogP contribution is 2.30. The van der Waals surface area contributed by atoms with Gasteiger partial charge in [0.1, 0.15) is 0 Å². The highest BCUT2D eigenvalue weighted by Gasteiger charge is 2.18. The first-order valence-corrected chi connectivity index (χ1v) is 7.59. The highest BCUT2D eigenvalue weighted by molar-refractivity contribution is 5.44. The van der Waals surface area contributed by atoms with Gasteiger partial charge in [-0.05, 0) is 42.4 Å². The molecule has 0 bridgehead atoms. The van der Waals surface area contributed by atoms with Crippen molar-refractivity contribution in [2.75, 3.05) is 6.54 Å². The van der Waals surface area contributed by atoms with Crippen LogP contribution in [0.4, 0.5) is 0 Å². The summed E-state index contributed by atoms with van der Waals surface area (Å²) in [7, 11) is 0. The number of hydrogen-bond acceptors (Lipinski definition) is 1. The molecular formula is C18H29N. The first-order chi connectivity index (χ1) is 9.11. The Morgan fingerprint density at radius 2 is 2.11 bits per heavy atom. The van der Waals surface area contributed by atoms with Gasteiger partial charge in [0, 0.05) is 12.2 Å². The van der Waals surface area contributed by atoms with Crippen LogP contribution in [-0.2, 0) is 0 Å². The zero-order valence-corrected chi connectivity index (χ0v) is 13.2. The van der Waals surface area contributed by atoms with Crippen LogP contribution in [0.25, 0.3) is 0 Å². The van der Waals surface area contributed by atoms with Gasteiger partial charge in [-0.25, -0.2) is 0 Å². The summed E-state index contributed by atoms with van der Waals surface area (Å²) >= 11 is 0. The lowest BCUT2D eigenvalue weighted by molar-refractivity contribution is 0.593. The van der Waals surface area contributed by atoms with E-state index in [9.17, 15) is 0 Å². The van der Waals surface area contributed by atoms with Crippen LogP contribution in [-0.4, -0.2) is 6.54 Å². The minimum atomic E-state index is 0.538. The molecule has 1 N–H and O–H groups in total. The highest BCUT2D eigenvalue weighted by atomic mass is 14.9. The van der Waals surface area contributed by atoms with Gasteiger partial charge in [0.15, 0.2) is 0 Å². The Balaban J connectivity index is 3.24. The molecule has 1 rings (SSSR count). The van der Waals surface area contributed by atoms with Crippen molar-refractivity contribution in [3.63, 3.8) is 0 Å². The third-order valence-corrected chi connectivity index (χ3v) is 3.59. The summed E-state index contributed by atoms with van der Waals surface area (Å²) in [5.74, 6) is 1.16. The maximum Gasteiger partial charge on any atom is 0.0380 e. The van der Waals surface area contributed by atoms with E-state index in [1.807, 2.05) is 0 Å². The quantitative estimate of drug-likeness (QED) is 0.662. The third-order valence-electron chi connectivity index (χ3n) is 3.59. The molecule has 0 spiro atoms. The van der Waals surface area contributed by atoms with E-state index in [1.54, 1.807) is 0 Å². The van der Waals surface area contributed by atoms with Gasteiger partial charge in [0.2, 0.25) is 0 Å². The van der Waals surface area contributed by atoms with E-state index in [0.29, 0.717) is 11.8 Å². The lowest BCUT2D eigenvalue weighted by Gasteiger charge is -2.25. The summed E-state index contributed by atoms with van der Waals surface area (Å²) in [5, 5.41) is 3.52. The number of nitrogens with one attached hydrogen (secondary N) is 1. The van der Waals surface area contributed by atoms with Crippen LogP contribution in [0.15, 0.2) is 47.2 Å². The fourth-order valence-electron chi connectivity index (χ4n) is 2.73. The van der Waals surface area contributed by atoms with Crippen molar-refractivity contribution < 1.29 is 0 Å². The average Bonchev–Trinajstić information content (AvgIpc) is 2.39. The van der Waals surface area contributed by atoms with E-state index in [2.05, 4.69) is 70.3 Å². The lowest BCUT2D eigenvalue weighted by Crippen LogP contribution is -2.21. The van der Waals surface area contributed by atoms with E-state index in [0.717, 1.165) is 6.54 Å². The normalized spacial score (nSPS) is 18.3. The number of allylic oxidation sites excluding steroid dienone is 6. The van der Waals surface area contributed by atoms with Crippen LogP contribution >= 0.6 is 0 Å². The molecule has 1 unspecified atom stereocenters. The topological polar surface area (TPSA) is 12.0 Å². The Hall–Kier alpha value is -1.24. The molecule has 19 heavy (non-hydrogen) atoms. The molecule has 0 fully saturated rings. The van der Waals surface area contributed by atoms with Gasteiger partial charge in [-0.2, -0.15) is 0 Å². The molecule has 1 atom stereocenters. The minimum Gasteiger partial charge on any atom is -0.381 e. The summed E-state index contributed by atoms with van der Waals surface area (Å²) in [6.45, 7) is 12.2. The predicted molar refractivity (Wildman–Crippen MR) is 86.0 cm³/mol. The predicted octanol–water partition coefficient (Wildman–Crippen LogP) is 4.99. The van der Waals surface area contributed by atoms with E-state index in [4.69, 9.17) is 0 Å². The standard InChI is InChI=1S/C18H29N/c1-6-10-15(5)16(11-7-2)18(14(3)4)17-12-8-9-13-19-17/h7-9,11-12,14-15,19H,6,10,13H2,1-5H3/b11-7-,18-16-. The minimum absolute atomic E-state index is 0.538. The maximum atomic E-state index is 3.52. The van der Waals surface area contributed by atoms with E-state index in [-0.39, 0.29) is 0 Å². The number of dihydropyridines is 1. The van der Waals surface area contributed by atoms with E-state index >= 15 is 0 Å². The van der Waals surface area contributed by atoms with Gasteiger partial charge in [-0.1, -0.05) is 58.4 Å². The summed E-state index contributed by atoms with van der Waals surface area (Å²) in [6, 6.07) is 0. The molecule has 0 radical (unpaired) electrons. The monoisotopic (exact) mass is 259 g/mol. The molecule has 0 saturated heterocycles. The summed E-state index contributed by atoms with van der Waals surface area (Å²) in [6.07, 6.45) is 13.5. The molecule has 0 aromatic rings. The van der Waals surface area contributed by atoms with Gasteiger partial charge in [-0.3, -0.25) is 0 Å².